The van der Waals surface area contributed by atoms with Crippen molar-refractivity contribution in [3.63, 3.8) is 0 Å². The summed E-state index contributed by atoms with van der Waals surface area (Å²) in [6.07, 6.45) is 0. The molecular formula is C47H32N4. The van der Waals surface area contributed by atoms with Crippen LogP contribution in [0.3, 0.4) is 0 Å². The van der Waals surface area contributed by atoms with Gasteiger partial charge < -0.3 is 4.57 Å². The van der Waals surface area contributed by atoms with Crippen molar-refractivity contribution in [2.75, 3.05) is 0 Å². The molecule has 1 aliphatic carbocycles. The predicted octanol–water partition coefficient (Wildman–Crippen LogP) is 11.8. The van der Waals surface area contributed by atoms with Crippen molar-refractivity contribution in [3.05, 3.63) is 169 Å². The Balaban J connectivity index is 1.21. The molecule has 0 aliphatic heterocycles. The molecule has 3 heterocycles. The van der Waals surface area contributed by atoms with Crippen LogP contribution in [0.4, 0.5) is 0 Å². The fraction of sp³-hybridized carbons (Fsp3) is 0.0638. The maximum Gasteiger partial charge on any atom is 0.235 e. The second kappa shape index (κ2) is 10.3. The van der Waals surface area contributed by atoms with Crippen LogP contribution in [0.15, 0.2) is 158 Å². The molecule has 240 valence electrons. The van der Waals surface area contributed by atoms with Gasteiger partial charge in [-0.1, -0.05) is 123 Å². The number of nitrogens with zero attached hydrogens (tertiary/aromatic N) is 4. The number of hydrogen-bond acceptors (Lipinski definition) is 2. The minimum Gasteiger partial charge on any atom is -0.309 e. The smallest absolute Gasteiger partial charge is 0.235 e. The topological polar surface area (TPSA) is 35.6 Å². The molecule has 0 saturated carbocycles. The lowest BCUT2D eigenvalue weighted by Crippen LogP contribution is -2.15. The predicted molar refractivity (Wildman–Crippen MR) is 211 cm³/mol. The molecule has 0 atom stereocenters. The van der Waals surface area contributed by atoms with E-state index in [1.54, 1.807) is 0 Å². The summed E-state index contributed by atoms with van der Waals surface area (Å²) in [4.78, 5) is 10.8. The third kappa shape index (κ3) is 3.85. The van der Waals surface area contributed by atoms with Gasteiger partial charge in [0.25, 0.3) is 0 Å². The van der Waals surface area contributed by atoms with Crippen LogP contribution in [-0.2, 0) is 5.41 Å². The summed E-state index contributed by atoms with van der Waals surface area (Å²) in [6.45, 7) is 4.66. The van der Waals surface area contributed by atoms with Gasteiger partial charge in [0, 0.05) is 43.6 Å². The number of aromatic nitrogens is 4. The van der Waals surface area contributed by atoms with Crippen LogP contribution in [-0.4, -0.2) is 19.1 Å². The molecule has 51 heavy (non-hydrogen) atoms. The van der Waals surface area contributed by atoms with Gasteiger partial charge in [-0.15, -0.1) is 0 Å². The van der Waals surface area contributed by atoms with Crippen molar-refractivity contribution in [3.8, 4) is 34.0 Å². The lowest BCUT2D eigenvalue weighted by Gasteiger charge is -2.22. The molecule has 0 fully saturated rings. The van der Waals surface area contributed by atoms with Gasteiger partial charge in [0.15, 0.2) is 0 Å². The van der Waals surface area contributed by atoms with Gasteiger partial charge in [-0.3, -0.25) is 4.57 Å². The number of para-hydroxylation sites is 4. The first-order chi connectivity index (χ1) is 25.1. The van der Waals surface area contributed by atoms with Gasteiger partial charge in [0.1, 0.15) is 0 Å². The van der Waals surface area contributed by atoms with Crippen molar-refractivity contribution in [2.45, 2.75) is 19.3 Å². The van der Waals surface area contributed by atoms with E-state index in [2.05, 4.69) is 181 Å². The lowest BCUT2D eigenvalue weighted by molar-refractivity contribution is 0.660. The fourth-order valence-electron chi connectivity index (χ4n) is 8.82. The normalized spacial score (nSPS) is 13.5. The average molecular weight is 653 g/mol. The van der Waals surface area contributed by atoms with E-state index >= 15 is 0 Å². The number of benzene rings is 7. The highest BCUT2D eigenvalue weighted by molar-refractivity contribution is 6.28. The van der Waals surface area contributed by atoms with Crippen LogP contribution in [0.2, 0.25) is 0 Å². The van der Waals surface area contributed by atoms with Gasteiger partial charge in [0.2, 0.25) is 5.95 Å². The number of hydrogen-bond donors (Lipinski definition) is 0. The maximum absolute atomic E-state index is 5.48. The summed E-state index contributed by atoms with van der Waals surface area (Å²) in [6, 6.07) is 56.7. The maximum atomic E-state index is 5.48. The third-order valence-corrected chi connectivity index (χ3v) is 11.1. The minimum atomic E-state index is -0.106. The van der Waals surface area contributed by atoms with Crippen molar-refractivity contribution in [1.29, 1.82) is 0 Å². The van der Waals surface area contributed by atoms with E-state index in [1.165, 1.54) is 54.8 Å². The molecule has 1 aliphatic rings. The van der Waals surface area contributed by atoms with E-state index in [-0.39, 0.29) is 5.41 Å². The zero-order valence-corrected chi connectivity index (χ0v) is 28.3. The monoisotopic (exact) mass is 652 g/mol. The Bertz CT molecular complexity index is 3050. The van der Waals surface area contributed by atoms with Gasteiger partial charge >= 0.3 is 0 Å². The van der Waals surface area contributed by atoms with Crippen molar-refractivity contribution >= 4 is 54.5 Å². The molecule has 3 aromatic heterocycles. The Morgan fingerprint density at radius 2 is 1.04 bits per heavy atom. The molecule has 0 amide bonds. The largest absolute Gasteiger partial charge is 0.309 e. The molecule has 0 saturated heterocycles. The van der Waals surface area contributed by atoms with Gasteiger partial charge in [-0.2, -0.15) is 0 Å². The molecule has 4 nitrogen and oxygen atoms in total. The molecule has 10 aromatic rings. The average Bonchev–Trinajstić information content (AvgIpc) is 3.78. The summed E-state index contributed by atoms with van der Waals surface area (Å²) < 4.78 is 4.65. The summed E-state index contributed by atoms with van der Waals surface area (Å²) in [5.41, 5.74) is 13.9. The molecule has 11 rings (SSSR count). The van der Waals surface area contributed by atoms with E-state index in [4.69, 9.17) is 9.97 Å². The van der Waals surface area contributed by atoms with Crippen molar-refractivity contribution in [2.24, 2.45) is 0 Å². The SMILES string of the molecule is CC1(C)c2ccccc2-c2ccc(-c3nc(-n4c5ccccc5c5c6c7ccccc7n(-c7ccccc7)c6ccc54)nc4ccccc34)cc21. The van der Waals surface area contributed by atoms with E-state index in [0.717, 1.165) is 38.9 Å². The van der Waals surface area contributed by atoms with E-state index in [0.29, 0.717) is 5.95 Å². The molecule has 0 radical (unpaired) electrons. The molecule has 7 aromatic carbocycles. The van der Waals surface area contributed by atoms with Crippen LogP contribution in [0.5, 0.6) is 0 Å². The molecule has 4 heteroatoms. The van der Waals surface area contributed by atoms with E-state index < -0.39 is 0 Å². The Morgan fingerprint density at radius 1 is 0.451 bits per heavy atom. The highest BCUT2D eigenvalue weighted by Gasteiger charge is 2.35. The van der Waals surface area contributed by atoms with Crippen LogP contribution >= 0.6 is 0 Å². The Hall–Kier alpha value is -6.52. The van der Waals surface area contributed by atoms with Gasteiger partial charge in [-0.25, -0.2) is 9.97 Å². The molecule has 0 spiro atoms. The number of rotatable bonds is 3. The summed E-state index contributed by atoms with van der Waals surface area (Å²) >= 11 is 0. The highest BCUT2D eigenvalue weighted by atomic mass is 15.2. The molecule has 0 bridgehead atoms. The van der Waals surface area contributed by atoms with Crippen molar-refractivity contribution < 1.29 is 0 Å². The summed E-state index contributed by atoms with van der Waals surface area (Å²) in [7, 11) is 0. The molecular weight excluding hydrogens is 621 g/mol. The zero-order chi connectivity index (χ0) is 33.8. The summed E-state index contributed by atoms with van der Waals surface area (Å²) in [5, 5.41) is 5.91. The van der Waals surface area contributed by atoms with Crippen LogP contribution in [0, 0.1) is 0 Å². The van der Waals surface area contributed by atoms with Crippen LogP contribution < -0.4 is 0 Å². The van der Waals surface area contributed by atoms with E-state index in [1.807, 2.05) is 0 Å². The van der Waals surface area contributed by atoms with Crippen LogP contribution in [0.1, 0.15) is 25.0 Å². The van der Waals surface area contributed by atoms with Crippen LogP contribution in [0.25, 0.3) is 88.5 Å². The Morgan fingerprint density at radius 3 is 1.80 bits per heavy atom. The van der Waals surface area contributed by atoms with Gasteiger partial charge in [0.05, 0.1) is 33.3 Å². The first-order valence-electron chi connectivity index (χ1n) is 17.6. The molecule has 0 unspecified atom stereocenters. The second-order valence-corrected chi connectivity index (χ2v) is 14.2. The zero-order valence-electron chi connectivity index (χ0n) is 28.3. The van der Waals surface area contributed by atoms with Crippen molar-refractivity contribution in [1.82, 2.24) is 19.1 Å². The van der Waals surface area contributed by atoms with Gasteiger partial charge in [-0.05, 0) is 70.8 Å². The number of fused-ring (bicyclic) bond motifs is 11. The summed E-state index contributed by atoms with van der Waals surface area (Å²) in [5.74, 6) is 0.670. The second-order valence-electron chi connectivity index (χ2n) is 14.2. The standard InChI is InChI=1S/C47H32N4/c1-47(2)36-20-10-6-16-31(36)32-25-24-29(28-37(32)47)45-33-17-7-11-21-38(33)48-46(49-45)51-40-23-13-9-19-35(40)44-42(51)27-26-41-43(44)34-18-8-12-22-39(34)50(41)30-14-4-3-5-15-30/h3-28H,1-2H3. The minimum absolute atomic E-state index is 0.106. The Kier molecular flexibility index (Phi) is 5.70. The first-order valence-corrected chi connectivity index (χ1v) is 17.6. The van der Waals surface area contributed by atoms with E-state index in [9.17, 15) is 0 Å². The first kappa shape index (κ1) is 28.3. The fourth-order valence-corrected chi connectivity index (χ4v) is 8.82. The highest BCUT2D eigenvalue weighted by Crippen LogP contribution is 2.50. The Labute approximate surface area is 294 Å². The lowest BCUT2D eigenvalue weighted by atomic mass is 9.82. The molecule has 0 N–H and O–H groups in total. The quantitative estimate of drug-likeness (QED) is 0.190. The third-order valence-electron chi connectivity index (χ3n) is 11.1.